The standard InChI is InChI=1S/C9H9NO6S/c11-10(12)8-4-2-1-3-7(8)9(5-16-9)6-17(13,14)15/h1-4H,5-6H2,(H,13,14,15)/t9-/m0/s1. The number of nitro benzene ring substituents is 1. The molecule has 0 saturated carbocycles. The number of hydrogen-bond acceptors (Lipinski definition) is 5. The van der Waals surface area contributed by atoms with E-state index >= 15 is 0 Å². The first-order chi connectivity index (χ1) is 7.84. The van der Waals surface area contributed by atoms with Crippen LogP contribution in [0.3, 0.4) is 0 Å². The van der Waals surface area contributed by atoms with Crippen LogP contribution in [0.2, 0.25) is 0 Å². The van der Waals surface area contributed by atoms with Crippen LogP contribution in [0.4, 0.5) is 5.69 Å². The van der Waals surface area contributed by atoms with E-state index in [1.54, 1.807) is 6.07 Å². The zero-order chi connectivity index (χ0) is 12.7. The van der Waals surface area contributed by atoms with E-state index in [1.807, 2.05) is 0 Å². The average molecular weight is 259 g/mol. The molecular weight excluding hydrogens is 250 g/mol. The molecule has 1 N–H and O–H groups in total. The lowest BCUT2D eigenvalue weighted by molar-refractivity contribution is -0.386. The molecule has 0 radical (unpaired) electrons. The molecular formula is C9H9NO6S. The van der Waals surface area contributed by atoms with Crippen molar-refractivity contribution in [1.29, 1.82) is 0 Å². The molecule has 1 aliphatic rings. The summed E-state index contributed by atoms with van der Waals surface area (Å²) in [6.45, 7) is 0.0393. The third kappa shape index (κ3) is 2.43. The van der Waals surface area contributed by atoms with Crippen molar-refractivity contribution in [3.63, 3.8) is 0 Å². The van der Waals surface area contributed by atoms with Crippen molar-refractivity contribution in [2.45, 2.75) is 5.60 Å². The van der Waals surface area contributed by atoms with Gasteiger partial charge < -0.3 is 4.74 Å². The van der Waals surface area contributed by atoms with E-state index in [1.165, 1.54) is 18.2 Å². The molecule has 17 heavy (non-hydrogen) atoms. The molecule has 92 valence electrons. The molecule has 0 spiro atoms. The van der Waals surface area contributed by atoms with Crippen LogP contribution in [0.1, 0.15) is 5.56 Å². The number of para-hydroxylation sites is 1. The number of epoxide rings is 1. The summed E-state index contributed by atoms with van der Waals surface area (Å²) in [5, 5.41) is 10.8. The highest BCUT2D eigenvalue weighted by Gasteiger charge is 2.53. The van der Waals surface area contributed by atoms with Crippen molar-refractivity contribution in [2.24, 2.45) is 0 Å². The molecule has 0 bridgehead atoms. The fourth-order valence-electron chi connectivity index (χ4n) is 1.72. The number of hydrogen-bond donors (Lipinski definition) is 1. The fraction of sp³-hybridized carbons (Fsp3) is 0.333. The van der Waals surface area contributed by atoms with Crippen molar-refractivity contribution < 1.29 is 22.6 Å². The van der Waals surface area contributed by atoms with Gasteiger partial charge >= 0.3 is 0 Å². The van der Waals surface area contributed by atoms with Crippen LogP contribution >= 0.6 is 0 Å². The van der Waals surface area contributed by atoms with Crippen LogP contribution < -0.4 is 0 Å². The third-order valence-electron chi connectivity index (χ3n) is 2.50. The smallest absolute Gasteiger partial charge is 0.275 e. The largest absolute Gasteiger partial charge is 0.363 e. The number of rotatable bonds is 4. The van der Waals surface area contributed by atoms with E-state index in [0.29, 0.717) is 0 Å². The number of nitrogens with zero attached hydrogens (tertiary/aromatic N) is 1. The van der Waals surface area contributed by atoms with Gasteiger partial charge in [0.1, 0.15) is 11.4 Å². The Hall–Kier alpha value is -1.51. The van der Waals surface area contributed by atoms with Crippen LogP contribution in [0.25, 0.3) is 0 Å². The predicted molar refractivity (Wildman–Crippen MR) is 57.1 cm³/mol. The molecule has 1 atom stereocenters. The highest BCUT2D eigenvalue weighted by Crippen LogP contribution is 2.43. The maximum atomic E-state index is 10.8. The summed E-state index contributed by atoms with van der Waals surface area (Å²) in [6, 6.07) is 5.72. The van der Waals surface area contributed by atoms with E-state index in [-0.39, 0.29) is 17.9 Å². The van der Waals surface area contributed by atoms with E-state index in [9.17, 15) is 18.5 Å². The molecule has 1 fully saturated rings. The first kappa shape index (κ1) is 12.0. The van der Waals surface area contributed by atoms with Crippen LogP contribution in [0.5, 0.6) is 0 Å². The van der Waals surface area contributed by atoms with E-state index in [4.69, 9.17) is 9.29 Å². The van der Waals surface area contributed by atoms with Gasteiger partial charge in [-0.3, -0.25) is 14.7 Å². The maximum Gasteiger partial charge on any atom is 0.275 e. The minimum atomic E-state index is -4.26. The quantitative estimate of drug-likeness (QED) is 0.369. The van der Waals surface area contributed by atoms with Crippen molar-refractivity contribution in [2.75, 3.05) is 12.4 Å². The first-order valence-corrected chi connectivity index (χ1v) is 6.28. The summed E-state index contributed by atoms with van der Waals surface area (Å²) in [6.07, 6.45) is 0. The Balaban J connectivity index is 2.44. The van der Waals surface area contributed by atoms with Gasteiger partial charge in [0.25, 0.3) is 15.8 Å². The Bertz CT molecular complexity index is 563. The molecule has 0 amide bonds. The SMILES string of the molecule is O=[N+]([O-])c1ccccc1[C@@]1(CS(=O)(=O)O)CO1. The Morgan fingerprint density at radius 2 is 2.06 bits per heavy atom. The Morgan fingerprint density at radius 1 is 1.47 bits per heavy atom. The summed E-state index contributed by atoms with van der Waals surface area (Å²) in [7, 11) is -4.26. The highest BCUT2D eigenvalue weighted by atomic mass is 32.2. The van der Waals surface area contributed by atoms with Crippen LogP contribution in [0, 0.1) is 10.1 Å². The second kappa shape index (κ2) is 3.76. The Kier molecular flexibility index (Phi) is 2.64. The van der Waals surface area contributed by atoms with Crippen molar-refractivity contribution in [1.82, 2.24) is 0 Å². The molecule has 0 unspecified atom stereocenters. The molecule has 1 aromatic rings. The van der Waals surface area contributed by atoms with Gasteiger partial charge in [0, 0.05) is 6.07 Å². The lowest BCUT2D eigenvalue weighted by Gasteiger charge is -2.10. The van der Waals surface area contributed by atoms with Crippen molar-refractivity contribution in [3.8, 4) is 0 Å². The van der Waals surface area contributed by atoms with Crippen LogP contribution in [-0.4, -0.2) is 30.3 Å². The zero-order valence-electron chi connectivity index (χ0n) is 8.57. The topological polar surface area (TPSA) is 110 Å². The van der Waals surface area contributed by atoms with Crippen molar-refractivity contribution >= 4 is 15.8 Å². The summed E-state index contributed by atoms with van der Waals surface area (Å²) in [5.41, 5.74) is -1.33. The molecule has 1 aliphatic heterocycles. The molecule has 7 nitrogen and oxygen atoms in total. The third-order valence-corrected chi connectivity index (χ3v) is 3.33. The fourth-order valence-corrected chi connectivity index (χ4v) is 2.63. The van der Waals surface area contributed by atoms with E-state index in [0.717, 1.165) is 0 Å². The maximum absolute atomic E-state index is 10.8. The second-order valence-electron chi connectivity index (χ2n) is 3.78. The van der Waals surface area contributed by atoms with Crippen LogP contribution in [0.15, 0.2) is 24.3 Å². The number of benzene rings is 1. The highest BCUT2D eigenvalue weighted by molar-refractivity contribution is 7.85. The van der Waals surface area contributed by atoms with Gasteiger partial charge in [-0.2, -0.15) is 8.42 Å². The van der Waals surface area contributed by atoms with Gasteiger partial charge in [-0.05, 0) is 6.07 Å². The van der Waals surface area contributed by atoms with Crippen molar-refractivity contribution in [3.05, 3.63) is 39.9 Å². The lowest BCUT2D eigenvalue weighted by Crippen LogP contribution is -2.22. The minimum absolute atomic E-state index is 0.0393. The normalized spacial score (nSPS) is 23.4. The molecule has 1 heterocycles. The molecule has 1 aromatic carbocycles. The Labute approximate surface area is 96.9 Å². The lowest BCUT2D eigenvalue weighted by atomic mass is 10.0. The number of ether oxygens (including phenoxy) is 1. The molecule has 2 rings (SSSR count). The average Bonchev–Trinajstić information content (AvgIpc) is 2.96. The zero-order valence-corrected chi connectivity index (χ0v) is 9.38. The van der Waals surface area contributed by atoms with Gasteiger partial charge in [-0.1, -0.05) is 12.1 Å². The van der Waals surface area contributed by atoms with Gasteiger partial charge in [-0.15, -0.1) is 0 Å². The predicted octanol–water partition coefficient (Wildman–Crippen LogP) is 0.708. The molecule has 0 aromatic heterocycles. The number of nitro groups is 1. The van der Waals surface area contributed by atoms with E-state index < -0.39 is 26.4 Å². The minimum Gasteiger partial charge on any atom is -0.363 e. The first-order valence-electron chi connectivity index (χ1n) is 4.67. The molecule has 8 heteroatoms. The Morgan fingerprint density at radius 3 is 2.53 bits per heavy atom. The van der Waals surface area contributed by atoms with E-state index in [2.05, 4.69) is 0 Å². The molecule has 1 saturated heterocycles. The van der Waals surface area contributed by atoms with Gasteiger partial charge in [-0.25, -0.2) is 0 Å². The van der Waals surface area contributed by atoms with Gasteiger partial charge in [0.15, 0.2) is 0 Å². The van der Waals surface area contributed by atoms with Gasteiger partial charge in [0.2, 0.25) is 0 Å². The second-order valence-corrected chi connectivity index (χ2v) is 5.24. The summed E-state index contributed by atoms with van der Waals surface area (Å²) >= 11 is 0. The molecule has 0 aliphatic carbocycles. The van der Waals surface area contributed by atoms with Gasteiger partial charge in [0.05, 0.1) is 17.1 Å². The summed E-state index contributed by atoms with van der Waals surface area (Å²) in [4.78, 5) is 10.2. The monoisotopic (exact) mass is 259 g/mol. The summed E-state index contributed by atoms with van der Waals surface area (Å²) < 4.78 is 35.5. The summed E-state index contributed by atoms with van der Waals surface area (Å²) in [5.74, 6) is -0.676. The van der Waals surface area contributed by atoms with Crippen LogP contribution in [-0.2, 0) is 20.5 Å².